The second-order valence-corrected chi connectivity index (χ2v) is 4.47. The van der Waals surface area contributed by atoms with E-state index < -0.39 is 0 Å². The highest BCUT2D eigenvalue weighted by Crippen LogP contribution is 2.23. The summed E-state index contributed by atoms with van der Waals surface area (Å²) in [7, 11) is 0. The number of hydrogen-bond donors (Lipinski definition) is 1. The van der Waals surface area contributed by atoms with Crippen LogP contribution in [0.25, 0.3) is 0 Å². The van der Waals surface area contributed by atoms with Gasteiger partial charge in [0.15, 0.2) is 5.16 Å². The minimum absolute atomic E-state index is 0.243. The molecule has 0 aliphatic carbocycles. The molecule has 1 aromatic heterocycles. The van der Waals surface area contributed by atoms with Gasteiger partial charge in [-0.3, -0.25) is 5.10 Å². The summed E-state index contributed by atoms with van der Waals surface area (Å²) in [6.45, 7) is 3.88. The van der Waals surface area contributed by atoms with Gasteiger partial charge in [0.2, 0.25) is 0 Å². The standard InChI is InChI=1S/C8H12N4S/c1-8(2,5-9)3-4-13-7-10-6-11-12-7/h6H,3-4H2,1-2H3,(H,10,11,12). The van der Waals surface area contributed by atoms with Crippen LogP contribution in [0.2, 0.25) is 0 Å². The van der Waals surface area contributed by atoms with Gasteiger partial charge in [0, 0.05) is 5.75 Å². The third kappa shape index (κ3) is 3.47. The van der Waals surface area contributed by atoms with Gasteiger partial charge in [-0.05, 0) is 20.3 Å². The van der Waals surface area contributed by atoms with Crippen molar-refractivity contribution in [3.05, 3.63) is 6.33 Å². The van der Waals surface area contributed by atoms with E-state index in [1.165, 1.54) is 6.33 Å². The average molecular weight is 196 g/mol. The van der Waals surface area contributed by atoms with Crippen molar-refractivity contribution in [2.75, 3.05) is 5.75 Å². The number of aromatic amines is 1. The lowest BCUT2D eigenvalue weighted by Crippen LogP contribution is -2.08. The Kier molecular flexibility index (Phi) is 3.32. The fourth-order valence-electron chi connectivity index (χ4n) is 0.723. The van der Waals surface area contributed by atoms with Gasteiger partial charge in [0.05, 0.1) is 11.5 Å². The van der Waals surface area contributed by atoms with Crippen molar-refractivity contribution >= 4 is 11.8 Å². The Hall–Kier alpha value is -1.02. The molecule has 0 radical (unpaired) electrons. The maximum absolute atomic E-state index is 8.76. The van der Waals surface area contributed by atoms with Gasteiger partial charge in [-0.15, -0.1) is 0 Å². The third-order valence-corrected chi connectivity index (χ3v) is 2.54. The monoisotopic (exact) mass is 196 g/mol. The van der Waals surface area contributed by atoms with Crippen LogP contribution in [0.15, 0.2) is 11.5 Å². The van der Waals surface area contributed by atoms with E-state index in [0.29, 0.717) is 0 Å². The molecule has 70 valence electrons. The molecule has 0 unspecified atom stereocenters. The molecule has 0 aliphatic heterocycles. The molecule has 4 nitrogen and oxygen atoms in total. The Morgan fingerprint density at radius 1 is 1.69 bits per heavy atom. The van der Waals surface area contributed by atoms with Crippen LogP contribution >= 0.6 is 11.8 Å². The number of rotatable bonds is 4. The summed E-state index contributed by atoms with van der Waals surface area (Å²) in [4.78, 5) is 3.98. The van der Waals surface area contributed by atoms with E-state index in [1.807, 2.05) is 13.8 Å². The number of nitrogens with zero attached hydrogens (tertiary/aromatic N) is 3. The smallest absolute Gasteiger partial charge is 0.183 e. The van der Waals surface area contributed by atoms with Crippen molar-refractivity contribution in [2.24, 2.45) is 5.41 Å². The molecule has 1 heterocycles. The number of thioether (sulfide) groups is 1. The highest BCUT2D eigenvalue weighted by Gasteiger charge is 2.16. The first-order valence-electron chi connectivity index (χ1n) is 4.03. The summed E-state index contributed by atoms with van der Waals surface area (Å²) in [6.07, 6.45) is 2.34. The van der Waals surface area contributed by atoms with Crippen molar-refractivity contribution in [1.82, 2.24) is 15.2 Å². The van der Waals surface area contributed by atoms with E-state index in [0.717, 1.165) is 17.3 Å². The molecule has 0 saturated carbocycles. The molecule has 0 fully saturated rings. The zero-order valence-electron chi connectivity index (χ0n) is 7.74. The Labute approximate surface area is 81.8 Å². The summed E-state index contributed by atoms with van der Waals surface area (Å²) >= 11 is 1.59. The lowest BCUT2D eigenvalue weighted by atomic mass is 9.93. The molecule has 1 N–H and O–H groups in total. The van der Waals surface area contributed by atoms with Gasteiger partial charge < -0.3 is 0 Å². The van der Waals surface area contributed by atoms with Crippen LogP contribution in [0.5, 0.6) is 0 Å². The van der Waals surface area contributed by atoms with E-state index in [9.17, 15) is 0 Å². The molecule has 1 aromatic rings. The normalized spacial score (nSPS) is 11.2. The van der Waals surface area contributed by atoms with Gasteiger partial charge in [0.25, 0.3) is 0 Å². The first-order chi connectivity index (χ1) is 6.14. The summed E-state index contributed by atoms with van der Waals surface area (Å²) < 4.78 is 0. The Morgan fingerprint density at radius 3 is 3.00 bits per heavy atom. The third-order valence-electron chi connectivity index (χ3n) is 1.66. The summed E-state index contributed by atoms with van der Waals surface area (Å²) in [5.41, 5.74) is -0.243. The molecular weight excluding hydrogens is 184 g/mol. The van der Waals surface area contributed by atoms with Gasteiger partial charge >= 0.3 is 0 Å². The molecule has 0 atom stereocenters. The van der Waals surface area contributed by atoms with Crippen LogP contribution in [0, 0.1) is 16.7 Å². The predicted octanol–water partition coefficient (Wildman–Crippen LogP) is 1.84. The van der Waals surface area contributed by atoms with Crippen LogP contribution in [0.1, 0.15) is 20.3 Å². The van der Waals surface area contributed by atoms with Crippen molar-refractivity contribution in [1.29, 1.82) is 5.26 Å². The molecule has 0 bridgehead atoms. The van der Waals surface area contributed by atoms with Crippen LogP contribution in [-0.2, 0) is 0 Å². The molecule has 5 heteroatoms. The van der Waals surface area contributed by atoms with Gasteiger partial charge in [-0.2, -0.15) is 10.4 Å². The highest BCUT2D eigenvalue weighted by atomic mass is 32.2. The molecule has 0 aromatic carbocycles. The molecule has 0 amide bonds. The highest BCUT2D eigenvalue weighted by molar-refractivity contribution is 7.99. The molecule has 0 aliphatic rings. The van der Waals surface area contributed by atoms with E-state index in [4.69, 9.17) is 5.26 Å². The second kappa shape index (κ2) is 4.28. The van der Waals surface area contributed by atoms with E-state index in [-0.39, 0.29) is 5.41 Å². The van der Waals surface area contributed by atoms with Crippen molar-refractivity contribution in [2.45, 2.75) is 25.4 Å². The number of H-pyrrole nitrogens is 1. The maximum Gasteiger partial charge on any atom is 0.183 e. The second-order valence-electron chi connectivity index (χ2n) is 3.38. The largest absolute Gasteiger partial charge is 0.254 e. The van der Waals surface area contributed by atoms with E-state index >= 15 is 0 Å². The zero-order chi connectivity index (χ0) is 9.73. The first kappa shape index (κ1) is 10.1. The minimum atomic E-state index is -0.243. The quantitative estimate of drug-likeness (QED) is 0.746. The Bertz CT molecular complexity index is 286. The Balaban J connectivity index is 2.26. The van der Waals surface area contributed by atoms with E-state index in [2.05, 4.69) is 21.3 Å². The fourth-order valence-corrected chi connectivity index (χ4v) is 1.77. The lowest BCUT2D eigenvalue weighted by molar-refractivity contribution is 0.482. The van der Waals surface area contributed by atoms with Crippen LogP contribution < -0.4 is 0 Å². The van der Waals surface area contributed by atoms with Crippen molar-refractivity contribution in [3.63, 3.8) is 0 Å². The lowest BCUT2D eigenvalue weighted by Gasteiger charge is -2.12. The van der Waals surface area contributed by atoms with Crippen LogP contribution in [-0.4, -0.2) is 20.9 Å². The first-order valence-corrected chi connectivity index (χ1v) is 5.02. The SMILES string of the molecule is CC(C)(C#N)CCSc1ncn[nH]1. The summed E-state index contributed by atoms with van der Waals surface area (Å²) in [5.74, 6) is 0.885. The van der Waals surface area contributed by atoms with Crippen LogP contribution in [0.3, 0.4) is 0 Å². The number of nitrogens with one attached hydrogen (secondary N) is 1. The van der Waals surface area contributed by atoms with Crippen LogP contribution in [0.4, 0.5) is 0 Å². The van der Waals surface area contributed by atoms with Crippen molar-refractivity contribution in [3.8, 4) is 6.07 Å². The molecule has 0 saturated heterocycles. The van der Waals surface area contributed by atoms with E-state index in [1.54, 1.807) is 11.8 Å². The number of hydrogen-bond acceptors (Lipinski definition) is 4. The summed E-state index contributed by atoms with van der Waals surface area (Å²) in [5, 5.41) is 16.1. The maximum atomic E-state index is 8.76. The van der Waals surface area contributed by atoms with Gasteiger partial charge in [0.1, 0.15) is 6.33 Å². The minimum Gasteiger partial charge on any atom is -0.254 e. The average Bonchev–Trinajstić information content (AvgIpc) is 2.57. The van der Waals surface area contributed by atoms with Gasteiger partial charge in [-0.1, -0.05) is 11.8 Å². The fraction of sp³-hybridized carbons (Fsp3) is 0.625. The summed E-state index contributed by atoms with van der Waals surface area (Å²) in [6, 6.07) is 2.26. The van der Waals surface area contributed by atoms with Gasteiger partial charge in [-0.25, -0.2) is 4.98 Å². The molecular formula is C8H12N4S. The molecule has 0 spiro atoms. The zero-order valence-corrected chi connectivity index (χ0v) is 8.56. The topological polar surface area (TPSA) is 65.4 Å². The predicted molar refractivity (Wildman–Crippen MR) is 51.1 cm³/mol. The van der Waals surface area contributed by atoms with Crippen molar-refractivity contribution < 1.29 is 0 Å². The number of aromatic nitrogens is 3. The molecule has 13 heavy (non-hydrogen) atoms. The molecule has 1 rings (SSSR count). The number of nitriles is 1. The Morgan fingerprint density at radius 2 is 2.46 bits per heavy atom.